The van der Waals surface area contributed by atoms with Crippen molar-refractivity contribution in [1.82, 2.24) is 4.90 Å². The van der Waals surface area contributed by atoms with Crippen molar-refractivity contribution in [2.75, 3.05) is 14.2 Å². The number of hydrogen-bond acceptors (Lipinski definition) is 6. The molecule has 7 heteroatoms. The summed E-state index contributed by atoms with van der Waals surface area (Å²) in [6.45, 7) is 0.239. The van der Waals surface area contributed by atoms with E-state index in [0.717, 1.165) is 17.2 Å². The van der Waals surface area contributed by atoms with E-state index in [1.165, 1.54) is 19.1 Å². The van der Waals surface area contributed by atoms with Crippen molar-refractivity contribution in [3.63, 3.8) is 0 Å². The first-order chi connectivity index (χ1) is 14.1. The maximum atomic E-state index is 12.9. The van der Waals surface area contributed by atoms with E-state index in [0.29, 0.717) is 0 Å². The summed E-state index contributed by atoms with van der Waals surface area (Å²) in [5.74, 6) is -2.01. The van der Waals surface area contributed by atoms with Gasteiger partial charge in [-0.2, -0.15) is 0 Å². The molecule has 0 unspecified atom stereocenters. The molecule has 1 aliphatic rings. The van der Waals surface area contributed by atoms with Gasteiger partial charge >= 0.3 is 11.9 Å². The van der Waals surface area contributed by atoms with Gasteiger partial charge in [0.1, 0.15) is 5.70 Å². The third kappa shape index (κ3) is 4.35. The van der Waals surface area contributed by atoms with E-state index in [4.69, 9.17) is 9.47 Å². The van der Waals surface area contributed by atoms with Crippen LogP contribution in [-0.4, -0.2) is 43.1 Å². The van der Waals surface area contributed by atoms with E-state index in [-0.39, 0.29) is 12.3 Å². The average Bonchev–Trinajstić information content (AvgIpc) is 2.77. The minimum absolute atomic E-state index is 0.197. The molecule has 7 nitrogen and oxygen atoms in total. The number of amides is 1. The summed E-state index contributed by atoms with van der Waals surface area (Å²) >= 11 is 0. The van der Waals surface area contributed by atoms with Crippen LogP contribution in [0.4, 0.5) is 0 Å². The summed E-state index contributed by atoms with van der Waals surface area (Å²) in [4.78, 5) is 38.1. The summed E-state index contributed by atoms with van der Waals surface area (Å²) in [7, 11) is 2.37. The van der Waals surface area contributed by atoms with Crippen LogP contribution in [0.25, 0.3) is 0 Å². The minimum Gasteiger partial charge on any atom is -0.466 e. The highest BCUT2D eigenvalue weighted by atomic mass is 16.5. The number of likely N-dealkylation sites (tertiary alicyclic amines) is 1. The molecule has 0 aliphatic carbocycles. The lowest BCUT2D eigenvalue weighted by Crippen LogP contribution is -2.60. The van der Waals surface area contributed by atoms with Gasteiger partial charge < -0.3 is 14.2 Å². The largest absolute Gasteiger partial charge is 0.466 e. The summed E-state index contributed by atoms with van der Waals surface area (Å²) < 4.78 is 15.3. The van der Waals surface area contributed by atoms with Crippen LogP contribution in [0, 0.1) is 0 Å². The zero-order valence-corrected chi connectivity index (χ0v) is 16.1. The minimum atomic E-state index is -0.814. The van der Waals surface area contributed by atoms with Crippen molar-refractivity contribution in [3.05, 3.63) is 83.6 Å². The smallest absolute Gasteiger partial charge is 0.355 e. The Bertz CT molecular complexity index is 909. The number of carbonyl (C=O) groups excluding carboxylic acids is 3. The van der Waals surface area contributed by atoms with E-state index in [9.17, 15) is 14.4 Å². The zero-order valence-electron chi connectivity index (χ0n) is 16.1. The Balaban J connectivity index is 1.91. The Kier molecular flexibility index (Phi) is 6.41. The van der Waals surface area contributed by atoms with Gasteiger partial charge in [0.05, 0.1) is 32.9 Å². The molecular formula is C22H21NO6. The highest BCUT2D eigenvalue weighted by molar-refractivity contribution is 6.03. The SMILES string of the molecule is COC(=O)/C=C(\C(=O)OC)N1C(=O)[C@H](OCc2ccccc2)[C@@H]1c1ccccc1. The fourth-order valence-electron chi connectivity index (χ4n) is 3.13. The average molecular weight is 395 g/mol. The number of benzene rings is 2. The zero-order chi connectivity index (χ0) is 20.8. The van der Waals surface area contributed by atoms with Crippen LogP contribution in [-0.2, 0) is 35.2 Å². The summed E-state index contributed by atoms with van der Waals surface area (Å²) in [6, 6.07) is 18.0. The Labute approximate surface area is 168 Å². The number of rotatable bonds is 7. The van der Waals surface area contributed by atoms with Crippen LogP contribution in [0.5, 0.6) is 0 Å². The molecule has 1 saturated heterocycles. The molecule has 0 saturated carbocycles. The van der Waals surface area contributed by atoms with Crippen molar-refractivity contribution in [2.24, 2.45) is 0 Å². The summed E-state index contributed by atoms with van der Waals surface area (Å²) in [5.41, 5.74) is 1.49. The van der Waals surface area contributed by atoms with Crippen molar-refractivity contribution in [1.29, 1.82) is 0 Å². The first kappa shape index (κ1) is 20.3. The van der Waals surface area contributed by atoms with Crippen molar-refractivity contribution >= 4 is 17.8 Å². The van der Waals surface area contributed by atoms with E-state index in [2.05, 4.69) is 4.74 Å². The van der Waals surface area contributed by atoms with Gasteiger partial charge in [0, 0.05) is 0 Å². The highest BCUT2D eigenvalue weighted by Gasteiger charge is 2.52. The van der Waals surface area contributed by atoms with Crippen LogP contribution in [0.15, 0.2) is 72.4 Å². The van der Waals surface area contributed by atoms with Gasteiger partial charge in [0.2, 0.25) is 0 Å². The number of esters is 2. The third-order valence-electron chi connectivity index (χ3n) is 4.57. The fourth-order valence-corrected chi connectivity index (χ4v) is 3.13. The molecular weight excluding hydrogens is 374 g/mol. The molecule has 0 radical (unpaired) electrons. The molecule has 150 valence electrons. The third-order valence-corrected chi connectivity index (χ3v) is 4.57. The number of hydrogen-bond donors (Lipinski definition) is 0. The number of ether oxygens (including phenoxy) is 3. The first-order valence-electron chi connectivity index (χ1n) is 8.98. The lowest BCUT2D eigenvalue weighted by atomic mass is 9.89. The van der Waals surface area contributed by atoms with E-state index in [1.807, 2.05) is 60.7 Å². The number of methoxy groups -OCH3 is 2. The monoisotopic (exact) mass is 395 g/mol. The standard InChI is InChI=1S/C22H21NO6/c1-27-18(24)13-17(22(26)28-2)23-19(16-11-7-4-8-12-16)20(21(23)25)29-14-15-9-5-3-6-10-15/h3-13,19-20H,14H2,1-2H3/b17-13+/t19-,20+/m0/s1. The predicted molar refractivity (Wildman–Crippen MR) is 103 cm³/mol. The molecule has 2 atom stereocenters. The van der Waals surface area contributed by atoms with E-state index >= 15 is 0 Å². The lowest BCUT2D eigenvalue weighted by Gasteiger charge is -2.46. The molecule has 0 N–H and O–H groups in total. The highest BCUT2D eigenvalue weighted by Crippen LogP contribution is 2.40. The van der Waals surface area contributed by atoms with Gasteiger partial charge in [0.25, 0.3) is 5.91 Å². The first-order valence-corrected chi connectivity index (χ1v) is 8.98. The summed E-state index contributed by atoms with van der Waals surface area (Å²) in [6.07, 6.45) is 0.149. The lowest BCUT2D eigenvalue weighted by molar-refractivity contribution is -0.175. The Morgan fingerprint density at radius 1 is 0.966 bits per heavy atom. The molecule has 1 heterocycles. The topological polar surface area (TPSA) is 82.1 Å². The Hall–Kier alpha value is -3.45. The molecule has 0 bridgehead atoms. The molecule has 2 aromatic rings. The maximum absolute atomic E-state index is 12.9. The second kappa shape index (κ2) is 9.16. The molecule has 1 aliphatic heterocycles. The molecule has 1 fully saturated rings. The molecule has 2 aromatic carbocycles. The molecule has 3 rings (SSSR count). The second-order valence-electron chi connectivity index (χ2n) is 6.33. The number of β-lactam (4-membered cyclic amide) rings is 1. The van der Waals surface area contributed by atoms with Gasteiger partial charge in [-0.3, -0.25) is 9.69 Å². The van der Waals surface area contributed by atoms with Crippen LogP contribution in [0.3, 0.4) is 0 Å². The van der Waals surface area contributed by atoms with Gasteiger partial charge in [-0.1, -0.05) is 60.7 Å². The quantitative estimate of drug-likeness (QED) is 0.407. The van der Waals surface area contributed by atoms with Crippen molar-refractivity contribution in [3.8, 4) is 0 Å². The predicted octanol–water partition coefficient (Wildman–Crippen LogP) is 2.39. The van der Waals surface area contributed by atoms with Gasteiger partial charge in [0.15, 0.2) is 6.10 Å². The maximum Gasteiger partial charge on any atom is 0.355 e. The normalized spacial score (nSPS) is 18.8. The van der Waals surface area contributed by atoms with E-state index < -0.39 is 30.0 Å². The second-order valence-corrected chi connectivity index (χ2v) is 6.33. The Morgan fingerprint density at radius 2 is 1.59 bits per heavy atom. The summed E-state index contributed by atoms with van der Waals surface area (Å²) in [5, 5.41) is 0. The van der Waals surface area contributed by atoms with Gasteiger partial charge in [-0.25, -0.2) is 9.59 Å². The van der Waals surface area contributed by atoms with Crippen LogP contribution >= 0.6 is 0 Å². The molecule has 0 spiro atoms. The van der Waals surface area contributed by atoms with Gasteiger partial charge in [-0.15, -0.1) is 0 Å². The van der Waals surface area contributed by atoms with Crippen LogP contribution in [0.2, 0.25) is 0 Å². The molecule has 1 amide bonds. The number of carbonyl (C=O) groups is 3. The molecule has 0 aromatic heterocycles. The van der Waals surface area contributed by atoms with Crippen LogP contribution in [0.1, 0.15) is 17.2 Å². The van der Waals surface area contributed by atoms with Crippen molar-refractivity contribution < 1.29 is 28.6 Å². The van der Waals surface area contributed by atoms with E-state index in [1.54, 1.807) is 0 Å². The molecule has 29 heavy (non-hydrogen) atoms. The number of nitrogens with zero attached hydrogens (tertiary/aromatic N) is 1. The van der Waals surface area contributed by atoms with Crippen LogP contribution < -0.4 is 0 Å². The Morgan fingerprint density at radius 3 is 2.17 bits per heavy atom. The fraction of sp³-hybridized carbons (Fsp3) is 0.227. The van der Waals surface area contributed by atoms with Gasteiger partial charge in [-0.05, 0) is 11.1 Å². The van der Waals surface area contributed by atoms with Crippen molar-refractivity contribution in [2.45, 2.75) is 18.8 Å².